The molecule has 0 saturated heterocycles. The number of nitrogens with two attached hydrogens (primary N) is 1. The molecule has 8 N–H and O–H groups in total. The van der Waals surface area contributed by atoms with E-state index in [9.17, 15) is 15.0 Å². The second-order valence-corrected chi connectivity index (χ2v) is 4.44. The number of H-pyrrole nitrogens is 2. The number of nitrogens with one attached hydrogen (secondary N) is 3. The van der Waals surface area contributed by atoms with E-state index in [1.54, 1.807) is 6.20 Å². The third-order valence-corrected chi connectivity index (χ3v) is 2.93. The fourth-order valence-corrected chi connectivity index (χ4v) is 1.83. The van der Waals surface area contributed by atoms with Crippen LogP contribution in [0.25, 0.3) is 11.0 Å². The summed E-state index contributed by atoms with van der Waals surface area (Å²) in [4.78, 5) is 20.8. The van der Waals surface area contributed by atoms with Crippen molar-refractivity contribution in [3.8, 4) is 0 Å². The van der Waals surface area contributed by atoms with Crippen molar-refractivity contribution in [3.63, 3.8) is 0 Å². The fourth-order valence-electron chi connectivity index (χ4n) is 1.83. The molecule has 0 saturated carbocycles. The summed E-state index contributed by atoms with van der Waals surface area (Å²) in [5, 5.41) is 30.3. The number of hydrogen-bond donors (Lipinski definition) is 7. The number of aromatic nitrogens is 3. The van der Waals surface area contributed by atoms with Crippen LogP contribution in [-0.4, -0.2) is 55.6 Å². The summed E-state index contributed by atoms with van der Waals surface area (Å²) in [6.07, 6.45) is -0.650. The molecule has 0 aromatic carbocycles. The maximum Gasteiger partial charge on any atom is 0.276 e. The molecular formula is C11H17N5O4. The molecule has 9 heteroatoms. The van der Waals surface area contributed by atoms with Gasteiger partial charge in [0, 0.05) is 24.8 Å². The number of aliphatic hydroxyl groups excluding tert-OH is 3. The lowest BCUT2D eigenvalue weighted by atomic mass is 10.2. The Balaban J connectivity index is 2.06. The number of fused-ring (bicyclic) bond motifs is 1. The van der Waals surface area contributed by atoms with Crippen LogP contribution < -0.4 is 16.6 Å². The van der Waals surface area contributed by atoms with Crippen molar-refractivity contribution in [3.05, 3.63) is 22.1 Å². The van der Waals surface area contributed by atoms with Gasteiger partial charge in [0.15, 0.2) is 0 Å². The second kappa shape index (κ2) is 6.01. The molecule has 2 heterocycles. The van der Waals surface area contributed by atoms with Crippen molar-refractivity contribution < 1.29 is 15.3 Å². The highest BCUT2D eigenvalue weighted by Gasteiger charge is 2.15. The highest BCUT2D eigenvalue weighted by Crippen LogP contribution is 2.12. The molecule has 2 aromatic rings. The normalized spacial score (nSPS) is 14.6. The van der Waals surface area contributed by atoms with Gasteiger partial charge in [-0.3, -0.25) is 9.78 Å². The quantitative estimate of drug-likeness (QED) is 0.312. The van der Waals surface area contributed by atoms with Crippen molar-refractivity contribution >= 4 is 17.0 Å². The van der Waals surface area contributed by atoms with E-state index in [1.165, 1.54) is 0 Å². The van der Waals surface area contributed by atoms with Crippen LogP contribution in [0.4, 0.5) is 5.95 Å². The summed E-state index contributed by atoms with van der Waals surface area (Å²) in [6.45, 7) is -0.0957. The topological polar surface area (TPSA) is 160 Å². The number of anilines is 1. The van der Waals surface area contributed by atoms with Crippen LogP contribution in [0, 0.1) is 0 Å². The minimum Gasteiger partial charge on any atom is -0.394 e. The minimum absolute atomic E-state index is 0.0269. The molecule has 0 spiro atoms. The van der Waals surface area contributed by atoms with Gasteiger partial charge in [-0.25, -0.2) is 4.98 Å². The van der Waals surface area contributed by atoms with Crippen LogP contribution in [0.2, 0.25) is 0 Å². The van der Waals surface area contributed by atoms with E-state index in [0.29, 0.717) is 23.1 Å². The number of aliphatic hydroxyl groups is 3. The molecule has 20 heavy (non-hydrogen) atoms. The Morgan fingerprint density at radius 1 is 1.40 bits per heavy atom. The Bertz CT molecular complexity index is 637. The van der Waals surface area contributed by atoms with Crippen LogP contribution in [-0.2, 0) is 6.54 Å². The largest absolute Gasteiger partial charge is 0.394 e. The van der Waals surface area contributed by atoms with E-state index in [2.05, 4.69) is 20.3 Å². The second-order valence-electron chi connectivity index (χ2n) is 4.44. The lowest BCUT2D eigenvalue weighted by molar-refractivity contribution is -0.0129. The van der Waals surface area contributed by atoms with E-state index >= 15 is 0 Å². The van der Waals surface area contributed by atoms with Gasteiger partial charge in [0.2, 0.25) is 5.95 Å². The van der Waals surface area contributed by atoms with Crippen molar-refractivity contribution in [1.29, 1.82) is 0 Å². The van der Waals surface area contributed by atoms with Gasteiger partial charge in [-0.05, 0) is 0 Å². The highest BCUT2D eigenvalue weighted by atomic mass is 16.4. The van der Waals surface area contributed by atoms with Crippen LogP contribution in [0.1, 0.15) is 5.56 Å². The van der Waals surface area contributed by atoms with Gasteiger partial charge >= 0.3 is 0 Å². The van der Waals surface area contributed by atoms with Crippen LogP contribution in [0.3, 0.4) is 0 Å². The number of rotatable bonds is 6. The zero-order chi connectivity index (χ0) is 14.7. The van der Waals surface area contributed by atoms with Crippen molar-refractivity contribution in [2.75, 3.05) is 18.9 Å². The molecule has 0 unspecified atom stereocenters. The molecule has 9 nitrogen and oxygen atoms in total. The third-order valence-electron chi connectivity index (χ3n) is 2.93. The highest BCUT2D eigenvalue weighted by molar-refractivity contribution is 5.78. The average molecular weight is 283 g/mol. The maximum atomic E-state index is 11.6. The predicted molar refractivity (Wildman–Crippen MR) is 71.9 cm³/mol. The zero-order valence-corrected chi connectivity index (χ0v) is 10.6. The SMILES string of the molecule is Nc1nc2c(CNC[C@H](O)[C@@H](O)CO)c[nH]c2c(=O)[nH]1. The summed E-state index contributed by atoms with van der Waals surface area (Å²) in [5.41, 5.74) is 6.63. The fraction of sp³-hybridized carbons (Fsp3) is 0.455. The average Bonchev–Trinajstić information content (AvgIpc) is 2.81. The Morgan fingerprint density at radius 2 is 2.15 bits per heavy atom. The molecule has 2 aromatic heterocycles. The van der Waals surface area contributed by atoms with Gasteiger partial charge in [-0.15, -0.1) is 0 Å². The molecule has 2 rings (SSSR count). The van der Waals surface area contributed by atoms with Gasteiger partial charge in [0.1, 0.15) is 17.1 Å². The van der Waals surface area contributed by atoms with Crippen molar-refractivity contribution in [1.82, 2.24) is 20.3 Å². The minimum atomic E-state index is -1.19. The van der Waals surface area contributed by atoms with E-state index in [1.807, 2.05) is 0 Å². The van der Waals surface area contributed by atoms with Gasteiger partial charge < -0.3 is 31.4 Å². The van der Waals surface area contributed by atoms with Crippen LogP contribution in [0.5, 0.6) is 0 Å². The Morgan fingerprint density at radius 3 is 2.85 bits per heavy atom. The molecule has 0 radical (unpaired) electrons. The zero-order valence-electron chi connectivity index (χ0n) is 10.6. The van der Waals surface area contributed by atoms with Crippen LogP contribution >= 0.6 is 0 Å². The number of nitrogens with zero attached hydrogens (tertiary/aromatic N) is 1. The molecule has 0 aliphatic heterocycles. The molecule has 0 fully saturated rings. The van der Waals surface area contributed by atoms with E-state index in [0.717, 1.165) is 0 Å². The Kier molecular flexibility index (Phi) is 4.35. The lowest BCUT2D eigenvalue weighted by Crippen LogP contribution is -2.38. The number of nitrogen functional groups attached to an aromatic ring is 1. The molecule has 0 aliphatic rings. The summed E-state index contributed by atoms with van der Waals surface area (Å²) >= 11 is 0. The van der Waals surface area contributed by atoms with Gasteiger partial charge in [-0.2, -0.15) is 0 Å². The molecule has 0 aliphatic carbocycles. The predicted octanol–water partition coefficient (Wildman–Crippen LogP) is -2.36. The first-order valence-electron chi connectivity index (χ1n) is 6.06. The first kappa shape index (κ1) is 14.5. The number of aromatic amines is 2. The van der Waals surface area contributed by atoms with E-state index in [4.69, 9.17) is 10.8 Å². The molecule has 110 valence electrons. The summed E-state index contributed by atoms with van der Waals surface area (Å²) < 4.78 is 0. The first-order chi connectivity index (χ1) is 9.52. The van der Waals surface area contributed by atoms with Gasteiger partial charge in [0.05, 0.1) is 12.7 Å². The monoisotopic (exact) mass is 283 g/mol. The lowest BCUT2D eigenvalue weighted by Gasteiger charge is -2.15. The van der Waals surface area contributed by atoms with Gasteiger partial charge in [-0.1, -0.05) is 0 Å². The van der Waals surface area contributed by atoms with E-state index < -0.39 is 18.8 Å². The molecule has 0 bridgehead atoms. The Hall–Kier alpha value is -1.94. The van der Waals surface area contributed by atoms with Crippen molar-refractivity contribution in [2.24, 2.45) is 0 Å². The molecular weight excluding hydrogens is 266 g/mol. The van der Waals surface area contributed by atoms with Crippen LogP contribution in [0.15, 0.2) is 11.0 Å². The smallest absolute Gasteiger partial charge is 0.276 e. The van der Waals surface area contributed by atoms with E-state index in [-0.39, 0.29) is 18.1 Å². The molecule has 0 amide bonds. The van der Waals surface area contributed by atoms with Gasteiger partial charge in [0.25, 0.3) is 5.56 Å². The van der Waals surface area contributed by atoms with Crippen molar-refractivity contribution in [2.45, 2.75) is 18.8 Å². The standard InChI is InChI=1S/C11H17N5O4/c12-11-15-8-5(2-14-9(8)10(20)16-11)1-13-3-6(18)7(19)4-17/h2,6-7,13-14,17-19H,1,3-4H2,(H3,12,15,16,20)/t6-,7-/m0/s1. The molecule has 2 atom stereocenters. The number of hydrogen-bond acceptors (Lipinski definition) is 7. The summed E-state index contributed by atoms with van der Waals surface area (Å²) in [7, 11) is 0. The third kappa shape index (κ3) is 2.96. The first-order valence-corrected chi connectivity index (χ1v) is 6.06. The summed E-state index contributed by atoms with van der Waals surface area (Å²) in [5.74, 6) is 0.0269. The summed E-state index contributed by atoms with van der Waals surface area (Å²) in [6, 6.07) is 0. The Labute approximate surface area is 113 Å². The maximum absolute atomic E-state index is 11.6.